The first-order chi connectivity index (χ1) is 9.37. The van der Waals surface area contributed by atoms with Crippen LogP contribution in [0.15, 0.2) is 6.20 Å². The van der Waals surface area contributed by atoms with Gasteiger partial charge < -0.3 is 5.73 Å². The van der Waals surface area contributed by atoms with E-state index in [1.165, 1.54) is 0 Å². The lowest BCUT2D eigenvalue weighted by Crippen LogP contribution is -2.14. The number of nitrogens with two attached hydrogens (primary N) is 1. The van der Waals surface area contributed by atoms with Gasteiger partial charge in [0.25, 0.3) is 0 Å². The van der Waals surface area contributed by atoms with Crippen molar-refractivity contribution in [2.24, 2.45) is 0 Å². The van der Waals surface area contributed by atoms with Gasteiger partial charge in [-0.3, -0.25) is 0 Å². The number of hydrogen-bond acceptors (Lipinski definition) is 6. The molecule has 1 aliphatic heterocycles. The van der Waals surface area contributed by atoms with Crippen molar-refractivity contribution in [3.05, 3.63) is 16.8 Å². The Bertz CT molecular complexity index is 761. The maximum absolute atomic E-state index is 11.6. The number of nitrogen functional groups attached to an aromatic ring is 1. The maximum Gasteiger partial charge on any atom is 0.152 e. The molecule has 1 unspecified atom stereocenters. The van der Waals surface area contributed by atoms with Crippen LogP contribution in [0.4, 0.5) is 5.82 Å². The number of sulfone groups is 1. The predicted octanol–water partition coefficient (Wildman–Crippen LogP) is 1.57. The molecule has 20 heavy (non-hydrogen) atoms. The van der Waals surface area contributed by atoms with Crippen molar-refractivity contribution >= 4 is 27.0 Å². The van der Waals surface area contributed by atoms with Crippen molar-refractivity contribution in [2.75, 3.05) is 17.2 Å². The molecule has 6 nitrogen and oxygen atoms in total. The molecular formula is C12H16N4O2S2. The summed E-state index contributed by atoms with van der Waals surface area (Å²) in [5.41, 5.74) is 7.80. The van der Waals surface area contributed by atoms with E-state index in [0.717, 1.165) is 21.1 Å². The van der Waals surface area contributed by atoms with E-state index in [1.54, 1.807) is 22.2 Å². The quantitative estimate of drug-likeness (QED) is 0.909. The van der Waals surface area contributed by atoms with Gasteiger partial charge in [-0.05, 0) is 20.3 Å². The Morgan fingerprint density at radius 1 is 1.45 bits per heavy atom. The smallest absolute Gasteiger partial charge is 0.152 e. The molecule has 3 heterocycles. The monoisotopic (exact) mass is 312 g/mol. The van der Waals surface area contributed by atoms with Gasteiger partial charge in [-0.25, -0.2) is 18.1 Å². The summed E-state index contributed by atoms with van der Waals surface area (Å²) in [4.78, 5) is 5.19. The van der Waals surface area contributed by atoms with Crippen LogP contribution in [0.25, 0.3) is 10.6 Å². The van der Waals surface area contributed by atoms with Crippen LogP contribution >= 0.6 is 11.3 Å². The van der Waals surface area contributed by atoms with E-state index in [-0.39, 0.29) is 17.5 Å². The zero-order valence-corrected chi connectivity index (χ0v) is 13.0. The second kappa shape index (κ2) is 4.56. The van der Waals surface area contributed by atoms with Gasteiger partial charge in [-0.2, -0.15) is 5.10 Å². The first-order valence-electron chi connectivity index (χ1n) is 6.35. The van der Waals surface area contributed by atoms with E-state index in [2.05, 4.69) is 10.1 Å². The molecule has 1 aliphatic rings. The summed E-state index contributed by atoms with van der Waals surface area (Å²) in [6.45, 7) is 3.85. The Kier molecular flexibility index (Phi) is 3.09. The van der Waals surface area contributed by atoms with Crippen LogP contribution in [0.2, 0.25) is 0 Å². The van der Waals surface area contributed by atoms with Gasteiger partial charge >= 0.3 is 0 Å². The van der Waals surface area contributed by atoms with Gasteiger partial charge in [-0.15, -0.1) is 11.3 Å². The van der Waals surface area contributed by atoms with E-state index < -0.39 is 9.84 Å². The fourth-order valence-electron chi connectivity index (χ4n) is 2.48. The third kappa shape index (κ3) is 2.22. The summed E-state index contributed by atoms with van der Waals surface area (Å²) >= 11 is 1.56. The van der Waals surface area contributed by atoms with E-state index in [0.29, 0.717) is 12.2 Å². The number of thiazole rings is 1. The molecular weight excluding hydrogens is 296 g/mol. The lowest BCUT2D eigenvalue weighted by atomic mass is 10.2. The standard InChI is InChI=1S/C12H16N4O2S2/c1-7-11(10-5-14-8(2)19-10)15-16(12(7)13)9-3-4-20(17,18)6-9/h5,9H,3-4,6,13H2,1-2H3. The lowest BCUT2D eigenvalue weighted by Gasteiger charge is -2.10. The Hall–Kier alpha value is -1.41. The third-order valence-corrected chi connectivity index (χ3v) is 6.27. The molecule has 0 saturated carbocycles. The molecule has 0 aliphatic carbocycles. The molecule has 0 bridgehead atoms. The molecule has 0 amide bonds. The SMILES string of the molecule is Cc1ncc(-c2nn(C3CCS(=O)(=O)C3)c(N)c2C)s1. The van der Waals surface area contributed by atoms with Gasteiger partial charge in [0, 0.05) is 11.8 Å². The average Bonchev–Trinajstić information content (AvgIpc) is 3.01. The maximum atomic E-state index is 11.6. The number of rotatable bonds is 2. The van der Waals surface area contributed by atoms with Crippen molar-refractivity contribution in [2.45, 2.75) is 26.3 Å². The van der Waals surface area contributed by atoms with Crippen LogP contribution in [0.1, 0.15) is 23.0 Å². The summed E-state index contributed by atoms with van der Waals surface area (Å²) in [5, 5.41) is 5.51. The molecule has 8 heteroatoms. The zero-order chi connectivity index (χ0) is 14.5. The van der Waals surface area contributed by atoms with Crippen molar-refractivity contribution in [3.63, 3.8) is 0 Å². The van der Waals surface area contributed by atoms with E-state index >= 15 is 0 Å². The average molecular weight is 312 g/mol. The van der Waals surface area contributed by atoms with Crippen molar-refractivity contribution in [3.8, 4) is 10.6 Å². The van der Waals surface area contributed by atoms with Crippen LogP contribution in [0.5, 0.6) is 0 Å². The fraction of sp³-hybridized carbons (Fsp3) is 0.500. The summed E-state index contributed by atoms with van der Waals surface area (Å²) in [6, 6.07) is -0.151. The third-order valence-electron chi connectivity index (χ3n) is 3.60. The number of hydrogen-bond donors (Lipinski definition) is 1. The molecule has 3 rings (SSSR count). The normalized spacial score (nSPS) is 21.4. The summed E-state index contributed by atoms with van der Waals surface area (Å²) in [6.07, 6.45) is 2.36. The van der Waals surface area contributed by atoms with Gasteiger partial charge in [0.15, 0.2) is 9.84 Å². The highest BCUT2D eigenvalue weighted by Gasteiger charge is 2.32. The minimum atomic E-state index is -2.95. The largest absolute Gasteiger partial charge is 0.384 e. The van der Waals surface area contributed by atoms with Crippen LogP contribution in [0, 0.1) is 13.8 Å². The van der Waals surface area contributed by atoms with Crippen molar-refractivity contribution in [1.29, 1.82) is 0 Å². The first kappa shape index (κ1) is 13.6. The molecule has 2 N–H and O–H groups in total. The van der Waals surface area contributed by atoms with Crippen LogP contribution in [0.3, 0.4) is 0 Å². The van der Waals surface area contributed by atoms with Gasteiger partial charge in [-0.1, -0.05) is 0 Å². The van der Waals surface area contributed by atoms with Crippen LogP contribution in [-0.4, -0.2) is 34.7 Å². The van der Waals surface area contributed by atoms with Crippen LogP contribution < -0.4 is 5.73 Å². The number of anilines is 1. The second-order valence-electron chi connectivity index (χ2n) is 5.10. The van der Waals surface area contributed by atoms with E-state index in [4.69, 9.17) is 5.73 Å². The zero-order valence-electron chi connectivity index (χ0n) is 11.3. The minimum Gasteiger partial charge on any atom is -0.384 e. The molecule has 0 spiro atoms. The highest BCUT2D eigenvalue weighted by atomic mass is 32.2. The van der Waals surface area contributed by atoms with Gasteiger partial charge in [0.2, 0.25) is 0 Å². The molecule has 1 saturated heterocycles. The van der Waals surface area contributed by atoms with Gasteiger partial charge in [0.05, 0.1) is 27.4 Å². The molecule has 1 atom stereocenters. The molecule has 2 aromatic heterocycles. The van der Waals surface area contributed by atoms with Crippen molar-refractivity contribution in [1.82, 2.24) is 14.8 Å². The highest BCUT2D eigenvalue weighted by Crippen LogP contribution is 2.34. The highest BCUT2D eigenvalue weighted by molar-refractivity contribution is 7.91. The molecule has 108 valence electrons. The second-order valence-corrected chi connectivity index (χ2v) is 8.57. The molecule has 0 radical (unpaired) electrons. The number of aromatic nitrogens is 3. The Morgan fingerprint density at radius 2 is 2.20 bits per heavy atom. The first-order valence-corrected chi connectivity index (χ1v) is 8.99. The van der Waals surface area contributed by atoms with E-state index in [1.807, 2.05) is 13.8 Å². The predicted molar refractivity (Wildman–Crippen MR) is 79.5 cm³/mol. The molecule has 0 aromatic carbocycles. The van der Waals surface area contributed by atoms with Gasteiger partial charge in [0.1, 0.15) is 11.5 Å². The number of aryl methyl sites for hydroxylation is 1. The van der Waals surface area contributed by atoms with E-state index in [9.17, 15) is 8.42 Å². The molecule has 1 fully saturated rings. The summed E-state index contributed by atoms with van der Waals surface area (Å²) in [5.74, 6) is 0.887. The topological polar surface area (TPSA) is 90.9 Å². The van der Waals surface area contributed by atoms with Crippen LogP contribution in [-0.2, 0) is 9.84 Å². The Balaban J connectivity index is 2.02. The summed E-state index contributed by atoms with van der Waals surface area (Å²) < 4.78 is 24.9. The molecule has 2 aromatic rings. The minimum absolute atomic E-state index is 0.124. The lowest BCUT2D eigenvalue weighted by molar-refractivity contribution is 0.508. The Labute approximate surface area is 121 Å². The number of nitrogens with zero attached hydrogens (tertiary/aromatic N) is 3. The van der Waals surface area contributed by atoms with Crippen molar-refractivity contribution < 1.29 is 8.42 Å². The fourth-order valence-corrected chi connectivity index (χ4v) is 4.99. The summed E-state index contributed by atoms with van der Waals surface area (Å²) in [7, 11) is -2.95. The Morgan fingerprint density at radius 3 is 2.75 bits per heavy atom.